The van der Waals surface area contributed by atoms with Gasteiger partial charge in [0.15, 0.2) is 0 Å². The Morgan fingerprint density at radius 3 is 2.52 bits per heavy atom. The third kappa shape index (κ3) is 4.28. The summed E-state index contributed by atoms with van der Waals surface area (Å²) in [6, 6.07) is 6.14. The number of carbonyl (C=O) groups excluding carboxylic acids is 2. The number of hydrogen-bond donors (Lipinski definition) is 2. The third-order valence-electron chi connectivity index (χ3n) is 5.21. The monoisotopic (exact) mass is 394 g/mol. The second-order valence-corrected chi connectivity index (χ2v) is 8.28. The lowest BCUT2D eigenvalue weighted by Gasteiger charge is -2.50. The van der Waals surface area contributed by atoms with E-state index in [1.54, 1.807) is 35.8 Å². The molecule has 148 valence electrons. The molecule has 0 aliphatic carbocycles. The number of amides is 3. The summed E-state index contributed by atoms with van der Waals surface area (Å²) >= 11 is 1.63. The molecule has 3 rings (SSSR count). The minimum Gasteiger partial charge on any atom is -0.311 e. The van der Waals surface area contributed by atoms with E-state index in [0.29, 0.717) is 5.75 Å². The van der Waals surface area contributed by atoms with Gasteiger partial charge in [0.25, 0.3) is 0 Å². The molecular weight excluding hydrogens is 367 g/mol. The first-order chi connectivity index (χ1) is 12.9. The Kier molecular flexibility index (Phi) is 6.39. The molecular formula is C19H27FN4O2S. The molecule has 2 heterocycles. The molecule has 0 radical (unpaired) electrons. The Balaban J connectivity index is 1.78. The molecule has 0 saturated carbocycles. The van der Waals surface area contributed by atoms with Crippen molar-refractivity contribution in [3.63, 3.8) is 0 Å². The van der Waals surface area contributed by atoms with Crippen LogP contribution in [0.15, 0.2) is 24.3 Å². The number of nitrogens with zero attached hydrogens (tertiary/aromatic N) is 2. The van der Waals surface area contributed by atoms with Crippen molar-refractivity contribution in [2.24, 2.45) is 5.92 Å². The summed E-state index contributed by atoms with van der Waals surface area (Å²) in [7, 11) is 3.27. The van der Waals surface area contributed by atoms with Crippen LogP contribution in [0.25, 0.3) is 0 Å². The fraction of sp³-hybridized carbons (Fsp3) is 0.579. The van der Waals surface area contributed by atoms with Crippen LogP contribution in [0, 0.1) is 11.7 Å². The molecule has 3 amide bonds. The highest BCUT2D eigenvalue weighted by Gasteiger charge is 2.50. The fourth-order valence-electron chi connectivity index (χ4n) is 3.61. The molecule has 0 bridgehead atoms. The molecule has 4 atom stereocenters. The Bertz CT molecular complexity index is 687. The molecule has 1 aromatic carbocycles. The number of rotatable bonds is 6. The van der Waals surface area contributed by atoms with Gasteiger partial charge in [-0.2, -0.15) is 0 Å². The zero-order valence-corrected chi connectivity index (χ0v) is 16.8. The van der Waals surface area contributed by atoms with Gasteiger partial charge in [0, 0.05) is 19.8 Å². The predicted molar refractivity (Wildman–Crippen MR) is 104 cm³/mol. The van der Waals surface area contributed by atoms with Gasteiger partial charge in [0.2, 0.25) is 5.91 Å². The number of unbranched alkanes of at least 4 members (excludes halogenated alkanes) is 1. The maximum Gasteiger partial charge on any atom is 0.327 e. The van der Waals surface area contributed by atoms with E-state index in [1.165, 1.54) is 24.1 Å². The molecule has 27 heavy (non-hydrogen) atoms. The highest BCUT2D eigenvalue weighted by Crippen LogP contribution is 2.33. The van der Waals surface area contributed by atoms with Crippen molar-refractivity contribution in [3.05, 3.63) is 35.6 Å². The highest BCUT2D eigenvalue weighted by molar-refractivity contribution is 7.99. The average Bonchev–Trinajstić information content (AvgIpc) is 2.68. The normalized spacial score (nSPS) is 28.4. The van der Waals surface area contributed by atoms with Crippen molar-refractivity contribution in [2.75, 3.05) is 14.1 Å². The summed E-state index contributed by atoms with van der Waals surface area (Å²) in [5.74, 6) is -0.140. The van der Waals surface area contributed by atoms with Gasteiger partial charge < -0.3 is 4.90 Å². The van der Waals surface area contributed by atoms with Crippen LogP contribution in [0.4, 0.5) is 9.18 Å². The van der Waals surface area contributed by atoms with E-state index in [-0.39, 0.29) is 41.4 Å². The lowest BCUT2D eigenvalue weighted by atomic mass is 9.96. The fourth-order valence-corrected chi connectivity index (χ4v) is 4.91. The van der Waals surface area contributed by atoms with Crippen molar-refractivity contribution in [3.8, 4) is 0 Å². The molecule has 4 unspecified atom stereocenters. The number of imide groups is 1. The van der Waals surface area contributed by atoms with Gasteiger partial charge in [-0.3, -0.25) is 20.3 Å². The summed E-state index contributed by atoms with van der Waals surface area (Å²) in [6.07, 6.45) is 2.79. The van der Waals surface area contributed by atoms with Gasteiger partial charge in [-0.1, -0.05) is 31.9 Å². The number of benzene rings is 1. The third-order valence-corrected chi connectivity index (χ3v) is 6.50. The molecule has 1 aromatic rings. The van der Waals surface area contributed by atoms with E-state index in [0.717, 1.165) is 24.8 Å². The molecule has 0 spiro atoms. The SMILES string of the molecule is CCCCC1NC(SCc2ccc(F)cc2)C2C(=O)N(C)C(=O)N(C)C2N1. The maximum absolute atomic E-state index is 13.1. The van der Waals surface area contributed by atoms with Crippen molar-refractivity contribution < 1.29 is 14.0 Å². The van der Waals surface area contributed by atoms with E-state index in [1.807, 2.05) is 0 Å². The number of thioether (sulfide) groups is 1. The highest BCUT2D eigenvalue weighted by atomic mass is 32.2. The second kappa shape index (κ2) is 8.58. The summed E-state index contributed by atoms with van der Waals surface area (Å²) in [4.78, 5) is 28.0. The summed E-state index contributed by atoms with van der Waals surface area (Å²) < 4.78 is 13.1. The number of urea groups is 1. The Morgan fingerprint density at radius 2 is 1.85 bits per heavy atom. The van der Waals surface area contributed by atoms with Crippen LogP contribution in [0.1, 0.15) is 31.7 Å². The van der Waals surface area contributed by atoms with Crippen molar-refractivity contribution in [2.45, 2.75) is 49.6 Å². The van der Waals surface area contributed by atoms with Crippen LogP contribution < -0.4 is 10.6 Å². The zero-order chi connectivity index (χ0) is 19.6. The molecule has 2 N–H and O–H groups in total. The number of halogens is 1. The van der Waals surface area contributed by atoms with Crippen LogP contribution in [-0.4, -0.2) is 53.5 Å². The van der Waals surface area contributed by atoms with Crippen LogP contribution in [0.2, 0.25) is 0 Å². The second-order valence-electron chi connectivity index (χ2n) is 7.15. The first-order valence-corrected chi connectivity index (χ1v) is 10.4. The van der Waals surface area contributed by atoms with Crippen LogP contribution in [0.5, 0.6) is 0 Å². The topological polar surface area (TPSA) is 64.7 Å². The Hall–Kier alpha value is -1.64. The number of hydrogen-bond acceptors (Lipinski definition) is 5. The molecule has 6 nitrogen and oxygen atoms in total. The van der Waals surface area contributed by atoms with Crippen LogP contribution in [0.3, 0.4) is 0 Å². The lowest BCUT2D eigenvalue weighted by molar-refractivity contribution is -0.140. The summed E-state index contributed by atoms with van der Waals surface area (Å²) in [6.45, 7) is 2.14. The van der Waals surface area contributed by atoms with Gasteiger partial charge in [0.1, 0.15) is 5.82 Å². The minimum absolute atomic E-state index is 0.0448. The van der Waals surface area contributed by atoms with Crippen molar-refractivity contribution in [1.82, 2.24) is 20.4 Å². The van der Waals surface area contributed by atoms with Gasteiger partial charge in [0.05, 0.1) is 23.6 Å². The van der Waals surface area contributed by atoms with E-state index in [9.17, 15) is 14.0 Å². The number of nitrogens with one attached hydrogen (secondary N) is 2. The van der Waals surface area contributed by atoms with Gasteiger partial charge in [-0.05, 0) is 24.1 Å². The van der Waals surface area contributed by atoms with Crippen molar-refractivity contribution in [1.29, 1.82) is 0 Å². The largest absolute Gasteiger partial charge is 0.327 e. The van der Waals surface area contributed by atoms with Crippen LogP contribution in [-0.2, 0) is 10.5 Å². The molecule has 8 heteroatoms. The van der Waals surface area contributed by atoms with E-state index in [4.69, 9.17) is 0 Å². The number of carbonyl (C=O) groups is 2. The summed E-state index contributed by atoms with van der Waals surface area (Å²) in [5, 5.41) is 6.86. The van der Waals surface area contributed by atoms with Gasteiger partial charge in [-0.25, -0.2) is 9.18 Å². The standard InChI is InChI=1S/C19H27FN4O2S/c1-4-5-6-14-21-16-15(18(25)24(3)19(26)23(16)2)17(22-14)27-11-12-7-9-13(20)10-8-12/h7-10,14-17,21-22H,4-6,11H2,1-3H3. The average molecular weight is 395 g/mol. The zero-order valence-electron chi connectivity index (χ0n) is 15.9. The van der Waals surface area contributed by atoms with E-state index >= 15 is 0 Å². The Labute approximate surface area is 163 Å². The van der Waals surface area contributed by atoms with Crippen molar-refractivity contribution >= 4 is 23.7 Å². The maximum atomic E-state index is 13.1. The first kappa shape index (κ1) is 20.1. The lowest BCUT2D eigenvalue weighted by Crippen LogP contribution is -2.74. The predicted octanol–water partition coefficient (Wildman–Crippen LogP) is 2.56. The quantitative estimate of drug-likeness (QED) is 0.776. The van der Waals surface area contributed by atoms with Crippen LogP contribution >= 0.6 is 11.8 Å². The van der Waals surface area contributed by atoms with E-state index in [2.05, 4.69) is 17.6 Å². The summed E-state index contributed by atoms with van der Waals surface area (Å²) in [5.41, 5.74) is 1.00. The molecule has 0 aromatic heterocycles. The number of fused-ring (bicyclic) bond motifs is 1. The van der Waals surface area contributed by atoms with Gasteiger partial charge in [-0.15, -0.1) is 11.8 Å². The smallest absolute Gasteiger partial charge is 0.311 e. The van der Waals surface area contributed by atoms with Gasteiger partial charge >= 0.3 is 6.03 Å². The molecule has 2 aliphatic heterocycles. The Morgan fingerprint density at radius 1 is 1.15 bits per heavy atom. The molecule has 2 aliphatic rings. The molecule has 2 saturated heterocycles. The molecule has 2 fully saturated rings. The first-order valence-electron chi connectivity index (χ1n) is 9.35. The minimum atomic E-state index is -0.374. The van der Waals surface area contributed by atoms with E-state index < -0.39 is 0 Å².